The minimum absolute atomic E-state index is 0.148. The Hall–Kier alpha value is -2.49. The molecule has 2 atom stereocenters. The monoisotopic (exact) mass is 974 g/mol. The van der Waals surface area contributed by atoms with E-state index in [0.29, 0.717) is 23.9 Å². The van der Waals surface area contributed by atoms with Crippen molar-refractivity contribution in [1.82, 2.24) is 0 Å². The number of likely N-dealkylation sites (N-methyl/N-ethyl adjacent to an activating group) is 1. The van der Waals surface area contributed by atoms with Gasteiger partial charge in [-0.05, 0) is 70.6 Å². The summed E-state index contributed by atoms with van der Waals surface area (Å²) in [7, 11) is 5.92. The van der Waals surface area contributed by atoms with Gasteiger partial charge in [0, 0.05) is 12.8 Å². The maximum absolute atomic E-state index is 12.8. The predicted molar refractivity (Wildman–Crippen MR) is 288 cm³/mol. The Morgan fingerprint density at radius 3 is 1.19 bits per heavy atom. The minimum atomic E-state index is -1.62. The maximum Gasteiger partial charge on any atom is 0.306 e. The van der Waals surface area contributed by atoms with Gasteiger partial charge in [0.25, 0.3) is 0 Å². The van der Waals surface area contributed by atoms with E-state index in [1.54, 1.807) is 0 Å². The van der Waals surface area contributed by atoms with E-state index in [9.17, 15) is 19.5 Å². The maximum atomic E-state index is 12.8. The molecule has 0 aromatic carbocycles. The number of carbonyl (C=O) groups excluding carboxylic acids is 3. The largest absolute Gasteiger partial charge is 0.545 e. The lowest BCUT2D eigenvalue weighted by atomic mass is 10.0. The van der Waals surface area contributed by atoms with Crippen molar-refractivity contribution in [2.75, 3.05) is 47.5 Å². The van der Waals surface area contributed by atoms with Gasteiger partial charge in [0.15, 0.2) is 12.4 Å². The molecule has 2 unspecified atom stereocenters. The fraction of sp³-hybridized carbons (Fsp3) is 0.850. The first-order valence-electron chi connectivity index (χ1n) is 29.1. The van der Waals surface area contributed by atoms with E-state index < -0.39 is 24.3 Å². The number of carboxylic acid groups (broad SMARTS) is 1. The van der Waals surface area contributed by atoms with E-state index in [-0.39, 0.29) is 32.2 Å². The first-order chi connectivity index (χ1) is 33.6. The molecule has 0 N–H and O–H groups in total. The van der Waals surface area contributed by atoms with Crippen LogP contribution in [0.25, 0.3) is 0 Å². The highest BCUT2D eigenvalue weighted by Gasteiger charge is 2.22. The van der Waals surface area contributed by atoms with Gasteiger partial charge < -0.3 is 33.3 Å². The van der Waals surface area contributed by atoms with E-state index in [4.69, 9.17) is 18.9 Å². The lowest BCUT2D eigenvalue weighted by Gasteiger charge is -2.26. The molecule has 0 saturated heterocycles. The molecule has 0 bridgehead atoms. The molecule has 9 nitrogen and oxygen atoms in total. The van der Waals surface area contributed by atoms with Gasteiger partial charge in [-0.3, -0.25) is 9.59 Å². The number of rotatable bonds is 54. The molecule has 0 aliphatic heterocycles. The Bertz CT molecular complexity index is 1230. The molecule has 0 aliphatic rings. The summed E-state index contributed by atoms with van der Waals surface area (Å²) in [6.45, 7) is 4.75. The summed E-state index contributed by atoms with van der Waals surface area (Å²) in [6.07, 6.45) is 59.0. The van der Waals surface area contributed by atoms with Crippen LogP contribution in [0.4, 0.5) is 0 Å². The van der Waals surface area contributed by atoms with E-state index in [1.807, 2.05) is 21.1 Å². The van der Waals surface area contributed by atoms with Gasteiger partial charge in [-0.1, -0.05) is 224 Å². The number of allylic oxidation sites excluding steroid dienone is 6. The second kappa shape index (κ2) is 51.9. The summed E-state index contributed by atoms with van der Waals surface area (Å²) in [5, 5.41) is 11.8. The number of hydrogen-bond donors (Lipinski definition) is 0. The third-order valence-electron chi connectivity index (χ3n) is 12.9. The van der Waals surface area contributed by atoms with Crippen molar-refractivity contribution in [3.8, 4) is 0 Å². The second-order valence-electron chi connectivity index (χ2n) is 20.9. The topological polar surface area (TPSA) is 111 Å². The molecule has 0 aromatic rings. The fourth-order valence-electron chi connectivity index (χ4n) is 8.33. The standard InChI is InChI=1S/C60H111NO8/c1-6-8-10-12-14-16-18-20-22-24-26-27-28-29-30-31-33-34-36-38-40-42-44-46-48-50-57(62)67-54-56(55-68-60(59(64)65)66-53-52-61(3,4)5)69-58(63)51-49-47-45-43-41-39-37-35-32-25-23-21-19-17-15-13-11-9-7-2/h15,17,21,23-24,26,56,60H,6-14,16,18-20,22,25,27-55H2,1-5H3/b17-15-,23-21-,26-24-. The molecular formula is C60H111NO8. The van der Waals surface area contributed by atoms with Gasteiger partial charge in [0.2, 0.25) is 0 Å². The number of quaternary nitrogens is 1. The van der Waals surface area contributed by atoms with Crippen LogP contribution < -0.4 is 5.11 Å². The molecule has 0 aromatic heterocycles. The highest BCUT2D eigenvalue weighted by molar-refractivity contribution is 5.70. The summed E-state index contributed by atoms with van der Waals surface area (Å²) in [4.78, 5) is 37.3. The number of carbonyl (C=O) groups is 3. The molecule has 0 saturated carbocycles. The summed E-state index contributed by atoms with van der Waals surface area (Å²) in [5.41, 5.74) is 0. The van der Waals surface area contributed by atoms with Crippen LogP contribution in [-0.4, -0.2) is 82.3 Å². The van der Waals surface area contributed by atoms with Gasteiger partial charge in [0.1, 0.15) is 13.2 Å². The van der Waals surface area contributed by atoms with Crippen LogP contribution in [0, 0.1) is 0 Å². The molecule has 404 valence electrons. The smallest absolute Gasteiger partial charge is 0.306 e. The second-order valence-corrected chi connectivity index (χ2v) is 20.9. The van der Waals surface area contributed by atoms with Gasteiger partial charge in [0.05, 0.1) is 40.3 Å². The van der Waals surface area contributed by atoms with Crippen LogP contribution in [0.3, 0.4) is 0 Å². The van der Waals surface area contributed by atoms with E-state index in [0.717, 1.165) is 51.4 Å². The zero-order valence-electron chi connectivity index (χ0n) is 45.9. The molecule has 0 heterocycles. The Morgan fingerprint density at radius 2 is 0.783 bits per heavy atom. The number of nitrogens with zero attached hydrogens (tertiary/aromatic N) is 1. The van der Waals surface area contributed by atoms with Gasteiger partial charge >= 0.3 is 11.9 Å². The molecule has 69 heavy (non-hydrogen) atoms. The number of ether oxygens (including phenoxy) is 4. The predicted octanol–water partition coefficient (Wildman–Crippen LogP) is 15.6. The van der Waals surface area contributed by atoms with Crippen molar-refractivity contribution < 1.29 is 42.9 Å². The van der Waals surface area contributed by atoms with Gasteiger partial charge in [-0.15, -0.1) is 0 Å². The van der Waals surface area contributed by atoms with Gasteiger partial charge in [-0.25, -0.2) is 0 Å². The van der Waals surface area contributed by atoms with Crippen molar-refractivity contribution in [2.45, 2.75) is 283 Å². The van der Waals surface area contributed by atoms with E-state index in [1.165, 1.54) is 186 Å². The van der Waals surface area contributed by atoms with Gasteiger partial charge in [-0.2, -0.15) is 0 Å². The number of hydrogen-bond acceptors (Lipinski definition) is 8. The molecule has 0 amide bonds. The summed E-state index contributed by atoms with van der Waals surface area (Å²) in [5.74, 6) is -2.28. The summed E-state index contributed by atoms with van der Waals surface area (Å²) >= 11 is 0. The number of unbranched alkanes of at least 4 members (excludes halogenated alkanes) is 33. The Morgan fingerprint density at radius 1 is 0.435 bits per heavy atom. The number of esters is 2. The Labute approximate surface area is 426 Å². The lowest BCUT2D eigenvalue weighted by Crippen LogP contribution is -2.44. The molecule has 0 aliphatic carbocycles. The molecular weight excluding hydrogens is 863 g/mol. The zero-order valence-corrected chi connectivity index (χ0v) is 45.9. The quantitative estimate of drug-likeness (QED) is 0.0195. The average Bonchev–Trinajstić information content (AvgIpc) is 3.31. The van der Waals surface area contributed by atoms with Crippen molar-refractivity contribution >= 4 is 17.9 Å². The molecule has 0 rings (SSSR count). The number of carboxylic acids is 1. The highest BCUT2D eigenvalue weighted by Crippen LogP contribution is 2.16. The van der Waals surface area contributed by atoms with Crippen LogP contribution in [0.1, 0.15) is 271 Å². The number of aliphatic carboxylic acids is 1. The van der Waals surface area contributed by atoms with Crippen LogP contribution in [-0.2, 0) is 33.3 Å². The van der Waals surface area contributed by atoms with Crippen molar-refractivity contribution in [1.29, 1.82) is 0 Å². The van der Waals surface area contributed by atoms with Crippen LogP contribution in [0.5, 0.6) is 0 Å². The first kappa shape index (κ1) is 66.5. The third kappa shape index (κ3) is 53.1. The first-order valence-corrected chi connectivity index (χ1v) is 29.1. The van der Waals surface area contributed by atoms with Crippen LogP contribution in [0.2, 0.25) is 0 Å². The molecule has 9 heteroatoms. The molecule has 0 fully saturated rings. The normalized spacial score (nSPS) is 13.0. The van der Waals surface area contributed by atoms with E-state index in [2.05, 4.69) is 50.3 Å². The van der Waals surface area contributed by atoms with Crippen molar-refractivity contribution in [3.05, 3.63) is 36.5 Å². The van der Waals surface area contributed by atoms with E-state index >= 15 is 0 Å². The molecule has 0 spiro atoms. The SMILES string of the molecule is CCCCC/C=C\C/C=C\CCCCCCCCCCCC(=O)OC(COC(=O)CCCCCCCCCCCCCCC/C=C\CCCCCCCCCC)COC(OCC[N+](C)(C)C)C(=O)[O-]. The van der Waals surface area contributed by atoms with Crippen molar-refractivity contribution in [3.63, 3.8) is 0 Å². The zero-order chi connectivity index (χ0) is 50.6. The van der Waals surface area contributed by atoms with Crippen molar-refractivity contribution in [2.24, 2.45) is 0 Å². The Balaban J connectivity index is 4.21. The minimum Gasteiger partial charge on any atom is -0.545 e. The summed E-state index contributed by atoms with van der Waals surface area (Å²) < 4.78 is 22.7. The van der Waals surface area contributed by atoms with Crippen LogP contribution >= 0.6 is 0 Å². The lowest BCUT2D eigenvalue weighted by molar-refractivity contribution is -0.870. The molecule has 0 radical (unpaired) electrons. The Kier molecular flexibility index (Phi) is 50.0. The summed E-state index contributed by atoms with van der Waals surface area (Å²) in [6, 6.07) is 0. The third-order valence-corrected chi connectivity index (χ3v) is 12.9. The highest BCUT2D eigenvalue weighted by atomic mass is 16.7. The van der Waals surface area contributed by atoms with Crippen LogP contribution in [0.15, 0.2) is 36.5 Å². The average molecular weight is 975 g/mol. The fourth-order valence-corrected chi connectivity index (χ4v) is 8.33.